The molecule has 0 aliphatic heterocycles. The molecule has 0 saturated carbocycles. The van der Waals surface area contributed by atoms with E-state index in [0.717, 1.165) is 5.56 Å². The molecule has 0 radical (unpaired) electrons. The minimum atomic E-state index is -0.954. The number of thioether (sulfide) groups is 1. The molecular formula is C18H20N2O4S. The number of pyridine rings is 1. The summed E-state index contributed by atoms with van der Waals surface area (Å²) in [5, 5.41) is 11.8. The lowest BCUT2D eigenvalue weighted by molar-refractivity contribution is 0.0633. The maximum Gasteiger partial charge on any atom is 0.413 e. The van der Waals surface area contributed by atoms with Crippen LogP contribution in [0.3, 0.4) is 0 Å². The van der Waals surface area contributed by atoms with E-state index in [1.807, 2.05) is 6.07 Å². The minimum absolute atomic E-state index is 0.272. The zero-order valence-corrected chi connectivity index (χ0v) is 15.1. The summed E-state index contributed by atoms with van der Waals surface area (Å²) in [5.74, 6) is -0.0144. The van der Waals surface area contributed by atoms with Gasteiger partial charge in [-0.15, -0.1) is 11.8 Å². The monoisotopic (exact) mass is 360 g/mol. The van der Waals surface area contributed by atoms with Crippen LogP contribution >= 0.6 is 11.8 Å². The van der Waals surface area contributed by atoms with Gasteiger partial charge < -0.3 is 9.84 Å². The molecular weight excluding hydrogens is 340 g/mol. The van der Waals surface area contributed by atoms with Crippen LogP contribution in [0.25, 0.3) is 0 Å². The summed E-state index contributed by atoms with van der Waals surface area (Å²) >= 11 is 1.41. The molecule has 1 amide bonds. The van der Waals surface area contributed by atoms with Crippen LogP contribution in [-0.4, -0.2) is 27.8 Å². The Kier molecular flexibility index (Phi) is 6.03. The molecule has 25 heavy (non-hydrogen) atoms. The number of carboxylic acids is 1. The van der Waals surface area contributed by atoms with E-state index in [9.17, 15) is 14.7 Å². The first-order valence-corrected chi connectivity index (χ1v) is 8.63. The molecule has 0 aliphatic carbocycles. The molecule has 7 heteroatoms. The number of carbonyl (C=O) groups is 2. The van der Waals surface area contributed by atoms with Crippen LogP contribution in [0.15, 0.2) is 47.5 Å². The van der Waals surface area contributed by atoms with Gasteiger partial charge in [0.2, 0.25) is 0 Å². The lowest BCUT2D eigenvalue weighted by Gasteiger charge is -2.19. The second kappa shape index (κ2) is 8.02. The van der Waals surface area contributed by atoms with Gasteiger partial charge in [-0.05, 0) is 50.6 Å². The number of amides is 1. The van der Waals surface area contributed by atoms with Crippen molar-refractivity contribution in [1.29, 1.82) is 0 Å². The maximum absolute atomic E-state index is 11.8. The van der Waals surface area contributed by atoms with Crippen molar-refractivity contribution in [1.82, 2.24) is 4.98 Å². The van der Waals surface area contributed by atoms with E-state index in [2.05, 4.69) is 10.3 Å². The summed E-state index contributed by atoms with van der Waals surface area (Å²) < 4.78 is 5.19. The van der Waals surface area contributed by atoms with E-state index >= 15 is 0 Å². The molecule has 0 unspecified atom stereocenters. The molecule has 2 aromatic rings. The quantitative estimate of drug-likeness (QED) is 0.767. The number of anilines is 1. The fraction of sp³-hybridized carbons (Fsp3) is 0.278. The summed E-state index contributed by atoms with van der Waals surface area (Å²) in [6.45, 7) is 5.35. The van der Waals surface area contributed by atoms with E-state index in [1.54, 1.807) is 57.3 Å². The fourth-order valence-electron chi connectivity index (χ4n) is 1.97. The molecule has 0 atom stereocenters. The second-order valence-corrected chi connectivity index (χ2v) is 7.28. The van der Waals surface area contributed by atoms with Gasteiger partial charge in [0.05, 0.1) is 5.56 Å². The zero-order chi connectivity index (χ0) is 18.4. The van der Waals surface area contributed by atoms with Crippen molar-refractivity contribution in [3.05, 3.63) is 53.7 Å². The Morgan fingerprint density at radius 3 is 2.64 bits per heavy atom. The molecule has 0 aliphatic rings. The molecule has 0 saturated heterocycles. The van der Waals surface area contributed by atoms with Crippen LogP contribution in [0, 0.1) is 0 Å². The number of rotatable bonds is 5. The molecule has 0 spiro atoms. The van der Waals surface area contributed by atoms with Crippen molar-refractivity contribution >= 4 is 29.6 Å². The molecule has 132 valence electrons. The fourth-order valence-corrected chi connectivity index (χ4v) is 2.96. The van der Waals surface area contributed by atoms with Crippen molar-refractivity contribution in [3.8, 4) is 0 Å². The van der Waals surface area contributed by atoms with Gasteiger partial charge in [-0.2, -0.15) is 0 Å². The van der Waals surface area contributed by atoms with Gasteiger partial charge >= 0.3 is 12.1 Å². The first-order chi connectivity index (χ1) is 11.7. The van der Waals surface area contributed by atoms with Crippen molar-refractivity contribution in [3.63, 3.8) is 0 Å². The van der Waals surface area contributed by atoms with Gasteiger partial charge in [-0.3, -0.25) is 5.32 Å². The number of hydrogen-bond acceptors (Lipinski definition) is 5. The summed E-state index contributed by atoms with van der Waals surface area (Å²) in [6.07, 6.45) is 1.02. The Labute approximate surface area is 150 Å². The van der Waals surface area contributed by atoms with Gasteiger partial charge in [0, 0.05) is 16.8 Å². The Balaban J connectivity index is 2.03. The van der Waals surface area contributed by atoms with Crippen molar-refractivity contribution in [2.45, 2.75) is 37.0 Å². The summed E-state index contributed by atoms with van der Waals surface area (Å²) in [6, 6.07) is 10.4. The van der Waals surface area contributed by atoms with Gasteiger partial charge in [0.1, 0.15) is 11.4 Å². The molecule has 6 nitrogen and oxygen atoms in total. The number of carboxylic acid groups (broad SMARTS) is 1. The Hall–Kier alpha value is -2.54. The first kappa shape index (κ1) is 18.8. The third-order valence-electron chi connectivity index (χ3n) is 2.97. The zero-order valence-electron chi connectivity index (χ0n) is 14.3. The van der Waals surface area contributed by atoms with Crippen LogP contribution in [0.2, 0.25) is 0 Å². The lowest BCUT2D eigenvalue weighted by atomic mass is 10.2. The number of aromatic carboxylic acids is 1. The summed E-state index contributed by atoms with van der Waals surface area (Å²) in [7, 11) is 0. The van der Waals surface area contributed by atoms with Crippen molar-refractivity contribution in [2.75, 3.05) is 5.32 Å². The molecule has 2 rings (SSSR count). The Morgan fingerprint density at radius 2 is 1.96 bits per heavy atom. The highest BCUT2D eigenvalue weighted by atomic mass is 32.2. The molecule has 1 heterocycles. The van der Waals surface area contributed by atoms with Crippen LogP contribution in [0.5, 0.6) is 0 Å². The minimum Gasteiger partial charge on any atom is -0.478 e. The number of ether oxygens (including phenoxy) is 1. The third kappa shape index (κ3) is 6.11. The van der Waals surface area contributed by atoms with Crippen molar-refractivity contribution < 1.29 is 19.4 Å². The lowest BCUT2D eigenvalue weighted by Crippen LogP contribution is -2.27. The number of nitrogens with one attached hydrogen (secondary N) is 1. The number of nitrogens with zero attached hydrogens (tertiary/aromatic N) is 1. The molecule has 0 fully saturated rings. The molecule has 0 bridgehead atoms. The largest absolute Gasteiger partial charge is 0.478 e. The standard InChI is InChI=1S/C18H20N2O4S/c1-18(2,3)24-17(23)20-15-10-12(8-9-19-15)11-25-14-7-5-4-6-13(14)16(21)22/h4-10H,11H2,1-3H3,(H,21,22)(H,19,20,23). The van der Waals surface area contributed by atoms with Crippen LogP contribution in [0.4, 0.5) is 10.6 Å². The molecule has 1 aromatic heterocycles. The third-order valence-corrected chi connectivity index (χ3v) is 4.11. The smallest absolute Gasteiger partial charge is 0.413 e. The van der Waals surface area contributed by atoms with Crippen LogP contribution in [0.1, 0.15) is 36.7 Å². The topological polar surface area (TPSA) is 88.5 Å². The van der Waals surface area contributed by atoms with E-state index in [-0.39, 0.29) is 5.56 Å². The summed E-state index contributed by atoms with van der Waals surface area (Å²) in [5.41, 5.74) is 0.595. The van der Waals surface area contributed by atoms with Gasteiger partial charge in [-0.25, -0.2) is 14.6 Å². The number of benzene rings is 1. The predicted molar refractivity (Wildman–Crippen MR) is 97.1 cm³/mol. The normalized spacial score (nSPS) is 11.0. The average molecular weight is 360 g/mol. The van der Waals surface area contributed by atoms with E-state index in [1.165, 1.54) is 11.8 Å². The molecule has 2 N–H and O–H groups in total. The Bertz CT molecular complexity index is 772. The number of hydrogen-bond donors (Lipinski definition) is 2. The molecule has 1 aromatic carbocycles. The number of carbonyl (C=O) groups excluding carboxylic acids is 1. The highest BCUT2D eigenvalue weighted by molar-refractivity contribution is 7.98. The predicted octanol–water partition coefficient (Wildman–Crippen LogP) is 4.42. The van der Waals surface area contributed by atoms with E-state index in [4.69, 9.17) is 4.74 Å². The average Bonchev–Trinajstić information content (AvgIpc) is 2.51. The van der Waals surface area contributed by atoms with Gasteiger partial charge in [0.25, 0.3) is 0 Å². The first-order valence-electron chi connectivity index (χ1n) is 7.64. The van der Waals surface area contributed by atoms with E-state index < -0.39 is 17.7 Å². The summed E-state index contributed by atoms with van der Waals surface area (Å²) in [4.78, 5) is 27.8. The highest BCUT2D eigenvalue weighted by Gasteiger charge is 2.16. The highest BCUT2D eigenvalue weighted by Crippen LogP contribution is 2.26. The van der Waals surface area contributed by atoms with Gasteiger partial charge in [0.15, 0.2) is 0 Å². The van der Waals surface area contributed by atoms with Crippen LogP contribution < -0.4 is 5.32 Å². The Morgan fingerprint density at radius 1 is 1.24 bits per heavy atom. The van der Waals surface area contributed by atoms with Crippen LogP contribution in [-0.2, 0) is 10.5 Å². The SMILES string of the molecule is CC(C)(C)OC(=O)Nc1cc(CSc2ccccc2C(=O)O)ccn1. The van der Waals surface area contributed by atoms with Crippen molar-refractivity contribution in [2.24, 2.45) is 0 Å². The number of aromatic nitrogens is 1. The maximum atomic E-state index is 11.8. The van der Waals surface area contributed by atoms with E-state index in [0.29, 0.717) is 16.5 Å². The van der Waals surface area contributed by atoms with Gasteiger partial charge in [-0.1, -0.05) is 12.1 Å². The second-order valence-electron chi connectivity index (χ2n) is 6.27.